The molecule has 0 aliphatic rings. The zero-order chi connectivity index (χ0) is 21.4. The molecule has 0 spiro atoms. The van der Waals surface area contributed by atoms with Crippen molar-refractivity contribution in [2.24, 2.45) is 0 Å². The molecule has 158 valence electrons. The van der Waals surface area contributed by atoms with Crippen molar-refractivity contribution < 1.29 is 33.9 Å². The highest BCUT2D eigenvalue weighted by Crippen LogP contribution is 2.41. The first-order valence-corrected chi connectivity index (χ1v) is 9.06. The Kier molecular flexibility index (Phi) is 8.18. The maximum atomic E-state index is 10.8. The van der Waals surface area contributed by atoms with Crippen molar-refractivity contribution in [3.05, 3.63) is 54.1 Å². The summed E-state index contributed by atoms with van der Waals surface area (Å²) in [6, 6.07) is 8.60. The molecule has 2 aromatic carbocycles. The van der Waals surface area contributed by atoms with Crippen molar-refractivity contribution in [2.75, 3.05) is 35.0 Å². The van der Waals surface area contributed by atoms with Crippen LogP contribution in [-0.4, -0.2) is 51.4 Å². The molecule has 0 unspecified atom stereocenters. The first-order valence-electron chi connectivity index (χ1n) is 9.06. The van der Waals surface area contributed by atoms with Crippen LogP contribution >= 0.6 is 0 Å². The van der Waals surface area contributed by atoms with Crippen molar-refractivity contribution in [1.82, 2.24) is 0 Å². The number of rotatable bonds is 11. The van der Waals surface area contributed by atoms with E-state index in [2.05, 4.69) is 6.58 Å². The average Bonchev–Trinajstić information content (AvgIpc) is 2.76. The minimum absolute atomic E-state index is 0.293. The number of benzene rings is 2. The molecule has 2 rings (SSSR count). The molecule has 7 nitrogen and oxygen atoms in total. The van der Waals surface area contributed by atoms with Gasteiger partial charge in [-0.3, -0.25) is 0 Å². The minimum Gasteiger partial charge on any atom is -0.493 e. The summed E-state index contributed by atoms with van der Waals surface area (Å²) in [5, 5.41) is 20.7. The Bertz CT molecular complexity index is 794. The molecule has 0 aliphatic carbocycles. The van der Waals surface area contributed by atoms with Gasteiger partial charge in [-0.1, -0.05) is 12.1 Å². The summed E-state index contributed by atoms with van der Waals surface area (Å²) in [6.07, 6.45) is 0.291. The molecule has 0 radical (unpaired) electrons. The highest BCUT2D eigenvalue weighted by molar-refractivity contribution is 5.54. The summed E-state index contributed by atoms with van der Waals surface area (Å²) in [7, 11) is 6.06. The van der Waals surface area contributed by atoms with Crippen molar-refractivity contribution in [2.45, 2.75) is 18.6 Å². The van der Waals surface area contributed by atoms with Crippen molar-refractivity contribution >= 4 is 0 Å². The normalized spacial score (nSPS) is 12.6. The zero-order valence-corrected chi connectivity index (χ0v) is 17.2. The van der Waals surface area contributed by atoms with E-state index in [4.69, 9.17) is 23.7 Å². The zero-order valence-electron chi connectivity index (χ0n) is 17.2. The van der Waals surface area contributed by atoms with E-state index in [1.54, 1.807) is 36.4 Å². The summed E-state index contributed by atoms with van der Waals surface area (Å²) >= 11 is 0. The average molecular weight is 404 g/mol. The van der Waals surface area contributed by atoms with Gasteiger partial charge in [0.1, 0.15) is 6.10 Å². The van der Waals surface area contributed by atoms with Gasteiger partial charge < -0.3 is 33.9 Å². The van der Waals surface area contributed by atoms with Gasteiger partial charge in [0.2, 0.25) is 5.75 Å². The van der Waals surface area contributed by atoms with Crippen molar-refractivity contribution in [1.29, 1.82) is 0 Å². The van der Waals surface area contributed by atoms with Gasteiger partial charge in [-0.25, -0.2) is 0 Å². The summed E-state index contributed by atoms with van der Waals surface area (Å²) in [5.41, 5.74) is 1.44. The Hall–Kier alpha value is -2.90. The summed E-state index contributed by atoms with van der Waals surface area (Å²) in [5.74, 6) is 2.15. The molecule has 0 fully saturated rings. The molecule has 0 aromatic heterocycles. The lowest BCUT2D eigenvalue weighted by Gasteiger charge is -2.25. The van der Waals surface area contributed by atoms with Crippen molar-refractivity contribution in [3.8, 4) is 28.7 Å². The Morgan fingerprint density at radius 1 is 0.897 bits per heavy atom. The van der Waals surface area contributed by atoms with Crippen LogP contribution in [0.4, 0.5) is 0 Å². The number of aliphatic hydroxyl groups is 2. The SMILES string of the molecule is C=CCc1cc(OC)c(O[C@H](CO)[C@H](O)c2ccc(OC)c(OC)c2)c(OC)c1. The van der Waals surface area contributed by atoms with Crippen LogP contribution in [0.1, 0.15) is 17.2 Å². The summed E-state index contributed by atoms with van der Waals surface area (Å²) < 4.78 is 27.3. The maximum Gasteiger partial charge on any atom is 0.204 e. The minimum atomic E-state index is -1.14. The molecule has 0 amide bonds. The number of ether oxygens (including phenoxy) is 5. The van der Waals surface area contributed by atoms with Gasteiger partial charge >= 0.3 is 0 Å². The van der Waals surface area contributed by atoms with E-state index in [9.17, 15) is 10.2 Å². The first kappa shape index (κ1) is 22.4. The molecule has 7 heteroatoms. The summed E-state index contributed by atoms with van der Waals surface area (Å²) in [6.45, 7) is 3.30. The second-order valence-corrected chi connectivity index (χ2v) is 6.22. The maximum absolute atomic E-state index is 10.8. The fourth-order valence-corrected chi connectivity index (χ4v) is 2.94. The second kappa shape index (κ2) is 10.6. The van der Waals surface area contributed by atoms with Crippen LogP contribution in [-0.2, 0) is 6.42 Å². The van der Waals surface area contributed by atoms with Crippen LogP contribution < -0.4 is 23.7 Å². The monoisotopic (exact) mass is 404 g/mol. The van der Waals surface area contributed by atoms with E-state index in [0.29, 0.717) is 40.7 Å². The van der Waals surface area contributed by atoms with E-state index >= 15 is 0 Å². The molecule has 0 aliphatic heterocycles. The van der Waals surface area contributed by atoms with Crippen LogP contribution in [0.5, 0.6) is 28.7 Å². The third-order valence-corrected chi connectivity index (χ3v) is 4.45. The van der Waals surface area contributed by atoms with Gasteiger partial charge in [0, 0.05) is 0 Å². The number of hydrogen-bond acceptors (Lipinski definition) is 7. The fraction of sp³-hybridized carbons (Fsp3) is 0.364. The van der Waals surface area contributed by atoms with Crippen LogP contribution in [0.25, 0.3) is 0 Å². The molecule has 0 heterocycles. The predicted molar refractivity (Wildman–Crippen MR) is 109 cm³/mol. The van der Waals surface area contributed by atoms with E-state index < -0.39 is 18.8 Å². The van der Waals surface area contributed by atoms with Gasteiger partial charge in [-0.05, 0) is 41.8 Å². The van der Waals surface area contributed by atoms with Gasteiger partial charge in [-0.2, -0.15) is 0 Å². The topological polar surface area (TPSA) is 86.6 Å². The molecule has 0 saturated heterocycles. The lowest BCUT2D eigenvalue weighted by molar-refractivity contribution is -0.00175. The molecule has 2 N–H and O–H groups in total. The highest BCUT2D eigenvalue weighted by atomic mass is 16.6. The van der Waals surface area contributed by atoms with Crippen LogP contribution in [0, 0.1) is 0 Å². The molecule has 0 saturated carbocycles. The Morgan fingerprint density at radius 2 is 1.48 bits per heavy atom. The van der Waals surface area contributed by atoms with Crippen LogP contribution in [0.2, 0.25) is 0 Å². The Labute approximate surface area is 171 Å². The standard InChI is InChI=1S/C22H28O7/c1-6-7-14-10-18(27-4)22(19(11-14)28-5)29-20(13-23)21(24)15-8-9-16(25-2)17(12-15)26-3/h6,8-12,20-21,23-24H,1,7,13H2,2-5H3/t20-,21-/m1/s1. The van der Waals surface area contributed by atoms with Gasteiger partial charge in [0.15, 0.2) is 29.1 Å². The smallest absolute Gasteiger partial charge is 0.204 e. The Balaban J connectivity index is 2.37. The molecular formula is C22H28O7. The largest absolute Gasteiger partial charge is 0.493 e. The van der Waals surface area contributed by atoms with Gasteiger partial charge in [0.25, 0.3) is 0 Å². The Morgan fingerprint density at radius 3 is 1.97 bits per heavy atom. The molecule has 2 aromatic rings. The third kappa shape index (κ3) is 5.13. The molecular weight excluding hydrogens is 376 g/mol. The second-order valence-electron chi connectivity index (χ2n) is 6.22. The highest BCUT2D eigenvalue weighted by Gasteiger charge is 2.26. The van der Waals surface area contributed by atoms with E-state index in [-0.39, 0.29) is 0 Å². The third-order valence-electron chi connectivity index (χ3n) is 4.45. The molecule has 0 bridgehead atoms. The number of hydrogen-bond donors (Lipinski definition) is 2. The van der Waals surface area contributed by atoms with Crippen LogP contribution in [0.3, 0.4) is 0 Å². The molecule has 2 atom stereocenters. The van der Waals surface area contributed by atoms with E-state index in [0.717, 1.165) is 5.56 Å². The van der Waals surface area contributed by atoms with E-state index in [1.807, 2.05) is 0 Å². The van der Waals surface area contributed by atoms with Crippen LogP contribution in [0.15, 0.2) is 43.0 Å². The lowest BCUT2D eigenvalue weighted by Crippen LogP contribution is -2.29. The number of aliphatic hydroxyl groups excluding tert-OH is 2. The number of methoxy groups -OCH3 is 4. The fourth-order valence-electron chi connectivity index (χ4n) is 2.94. The van der Waals surface area contributed by atoms with E-state index in [1.165, 1.54) is 28.4 Å². The number of allylic oxidation sites excluding steroid dienone is 1. The summed E-state index contributed by atoms with van der Waals surface area (Å²) in [4.78, 5) is 0. The predicted octanol–water partition coefficient (Wildman–Crippen LogP) is 2.92. The van der Waals surface area contributed by atoms with Gasteiger partial charge in [0.05, 0.1) is 35.0 Å². The van der Waals surface area contributed by atoms with Crippen molar-refractivity contribution in [3.63, 3.8) is 0 Å². The quantitative estimate of drug-likeness (QED) is 0.557. The lowest BCUT2D eigenvalue weighted by atomic mass is 10.0. The molecule has 29 heavy (non-hydrogen) atoms. The first-order chi connectivity index (χ1) is 14.0. The van der Waals surface area contributed by atoms with Gasteiger partial charge in [-0.15, -0.1) is 6.58 Å².